The molecule has 1 nitrogen and oxygen atoms in total. The fourth-order valence-electron chi connectivity index (χ4n) is 0.980. The van der Waals surface area contributed by atoms with Crippen LogP contribution in [0, 0.1) is 0 Å². The van der Waals surface area contributed by atoms with Crippen molar-refractivity contribution >= 4 is 5.78 Å². The predicted molar refractivity (Wildman–Crippen MR) is 48.6 cm³/mol. The van der Waals surface area contributed by atoms with Crippen molar-refractivity contribution < 1.29 is 4.79 Å². The van der Waals surface area contributed by atoms with Crippen molar-refractivity contribution in [1.29, 1.82) is 0 Å². The number of hydrogen-bond donors (Lipinski definition) is 0. The third kappa shape index (κ3) is 9.41. The lowest BCUT2D eigenvalue weighted by atomic mass is 10.1. The molecule has 0 N–H and O–H groups in total. The second-order valence-corrected chi connectivity index (χ2v) is 2.87. The van der Waals surface area contributed by atoms with E-state index in [1.54, 1.807) is 6.92 Å². The Bertz CT molecular complexity index is 125. The van der Waals surface area contributed by atoms with E-state index in [4.69, 9.17) is 0 Å². The molecule has 0 saturated heterocycles. The van der Waals surface area contributed by atoms with Gasteiger partial charge >= 0.3 is 0 Å². The van der Waals surface area contributed by atoms with E-state index in [-0.39, 0.29) is 0 Å². The maximum Gasteiger partial charge on any atom is 0.129 e. The van der Waals surface area contributed by atoms with Gasteiger partial charge in [0.15, 0.2) is 0 Å². The molecule has 0 heterocycles. The monoisotopic (exact) mass is 154 g/mol. The van der Waals surface area contributed by atoms with E-state index in [1.807, 2.05) is 6.92 Å². The van der Waals surface area contributed by atoms with Crippen molar-refractivity contribution in [2.45, 2.75) is 46.0 Å². The number of rotatable bonds is 6. The Morgan fingerprint density at radius 1 is 1.27 bits per heavy atom. The fraction of sp³-hybridized carbons (Fsp3) is 0.700. The minimum absolute atomic E-state index is 0.316. The number of Topliss-reactive ketones (excluding diaryl/α,β-unsaturated/α-hetero) is 1. The normalized spacial score (nSPS) is 10.7. The SMILES string of the molecule is C/C=C/CCCCCC(C)=O. The molecule has 0 radical (unpaired) electrons. The van der Waals surface area contributed by atoms with Crippen LogP contribution in [0.3, 0.4) is 0 Å². The molecule has 64 valence electrons. The van der Waals surface area contributed by atoms with Crippen molar-refractivity contribution in [3.05, 3.63) is 12.2 Å². The molecule has 0 bridgehead atoms. The number of allylic oxidation sites excluding steroid dienone is 2. The van der Waals surface area contributed by atoms with Gasteiger partial charge in [-0.15, -0.1) is 0 Å². The molecule has 0 unspecified atom stereocenters. The lowest BCUT2D eigenvalue weighted by molar-refractivity contribution is -0.117. The zero-order valence-electron chi connectivity index (χ0n) is 7.60. The molecule has 0 aliphatic carbocycles. The maximum absolute atomic E-state index is 10.5. The van der Waals surface area contributed by atoms with Crippen LogP contribution in [0.4, 0.5) is 0 Å². The standard InChI is InChI=1S/C10H18O/c1-3-4-5-6-7-8-9-10(2)11/h3-4H,5-9H2,1-2H3/b4-3+. The number of ketones is 1. The van der Waals surface area contributed by atoms with Gasteiger partial charge in [-0.25, -0.2) is 0 Å². The molecular weight excluding hydrogens is 136 g/mol. The van der Waals surface area contributed by atoms with E-state index in [9.17, 15) is 4.79 Å². The predicted octanol–water partition coefficient (Wildman–Crippen LogP) is 3.10. The fourth-order valence-corrected chi connectivity index (χ4v) is 0.980. The quantitative estimate of drug-likeness (QED) is 0.424. The third-order valence-corrected chi connectivity index (χ3v) is 1.64. The summed E-state index contributed by atoms with van der Waals surface area (Å²) in [6.07, 6.45) is 9.64. The smallest absolute Gasteiger partial charge is 0.129 e. The topological polar surface area (TPSA) is 17.1 Å². The van der Waals surface area contributed by atoms with Gasteiger partial charge in [-0.2, -0.15) is 0 Å². The number of hydrogen-bond acceptors (Lipinski definition) is 1. The summed E-state index contributed by atoms with van der Waals surface area (Å²) >= 11 is 0. The first-order valence-electron chi connectivity index (χ1n) is 4.38. The van der Waals surface area contributed by atoms with Crippen LogP contribution >= 0.6 is 0 Å². The molecule has 0 atom stereocenters. The van der Waals surface area contributed by atoms with Crippen LogP contribution in [0.25, 0.3) is 0 Å². The Hall–Kier alpha value is -0.590. The molecule has 0 amide bonds. The summed E-state index contributed by atoms with van der Waals surface area (Å²) in [4.78, 5) is 10.5. The first kappa shape index (κ1) is 10.4. The zero-order chi connectivity index (χ0) is 8.53. The lowest BCUT2D eigenvalue weighted by Gasteiger charge is -1.94. The minimum Gasteiger partial charge on any atom is -0.300 e. The van der Waals surface area contributed by atoms with E-state index in [1.165, 1.54) is 12.8 Å². The summed E-state index contributed by atoms with van der Waals surface area (Å²) in [6, 6.07) is 0. The molecule has 0 aromatic carbocycles. The summed E-state index contributed by atoms with van der Waals surface area (Å²) in [7, 11) is 0. The van der Waals surface area contributed by atoms with E-state index in [2.05, 4.69) is 12.2 Å². The van der Waals surface area contributed by atoms with Crippen molar-refractivity contribution in [1.82, 2.24) is 0 Å². The van der Waals surface area contributed by atoms with E-state index >= 15 is 0 Å². The molecule has 0 aromatic rings. The number of carbonyl (C=O) groups is 1. The third-order valence-electron chi connectivity index (χ3n) is 1.64. The highest BCUT2D eigenvalue weighted by Gasteiger charge is 1.91. The van der Waals surface area contributed by atoms with Gasteiger partial charge in [0.2, 0.25) is 0 Å². The summed E-state index contributed by atoms with van der Waals surface area (Å²) in [5.41, 5.74) is 0. The highest BCUT2D eigenvalue weighted by atomic mass is 16.1. The van der Waals surface area contributed by atoms with Crippen LogP contribution in [-0.2, 0) is 4.79 Å². The van der Waals surface area contributed by atoms with Gasteiger partial charge in [0.1, 0.15) is 5.78 Å². The lowest BCUT2D eigenvalue weighted by Crippen LogP contribution is -1.88. The van der Waals surface area contributed by atoms with Crippen LogP contribution in [-0.4, -0.2) is 5.78 Å². The molecular formula is C10H18O. The van der Waals surface area contributed by atoms with Crippen molar-refractivity contribution in [3.8, 4) is 0 Å². The van der Waals surface area contributed by atoms with Gasteiger partial charge in [0, 0.05) is 6.42 Å². The van der Waals surface area contributed by atoms with Gasteiger partial charge < -0.3 is 4.79 Å². The Balaban J connectivity index is 2.96. The van der Waals surface area contributed by atoms with Crippen LogP contribution in [0.15, 0.2) is 12.2 Å². The molecule has 0 aliphatic heterocycles. The summed E-state index contributed by atoms with van der Waals surface area (Å²) < 4.78 is 0. The summed E-state index contributed by atoms with van der Waals surface area (Å²) in [5.74, 6) is 0.316. The highest BCUT2D eigenvalue weighted by Crippen LogP contribution is 2.03. The van der Waals surface area contributed by atoms with Crippen LogP contribution < -0.4 is 0 Å². The Labute approximate surface area is 69.5 Å². The molecule has 1 heteroatoms. The highest BCUT2D eigenvalue weighted by molar-refractivity contribution is 5.75. The second-order valence-electron chi connectivity index (χ2n) is 2.87. The average molecular weight is 154 g/mol. The van der Waals surface area contributed by atoms with Crippen molar-refractivity contribution in [3.63, 3.8) is 0 Å². The molecule has 11 heavy (non-hydrogen) atoms. The van der Waals surface area contributed by atoms with Gasteiger partial charge in [0.05, 0.1) is 0 Å². The Kier molecular flexibility index (Phi) is 7.11. The van der Waals surface area contributed by atoms with Gasteiger partial charge in [-0.05, 0) is 33.1 Å². The first-order valence-corrected chi connectivity index (χ1v) is 4.38. The number of carbonyl (C=O) groups excluding carboxylic acids is 1. The van der Waals surface area contributed by atoms with Crippen molar-refractivity contribution in [2.75, 3.05) is 0 Å². The average Bonchev–Trinajstić information content (AvgIpc) is 1.96. The van der Waals surface area contributed by atoms with Gasteiger partial charge in [0.25, 0.3) is 0 Å². The molecule has 0 spiro atoms. The Morgan fingerprint density at radius 3 is 2.55 bits per heavy atom. The first-order chi connectivity index (χ1) is 5.27. The van der Waals surface area contributed by atoms with E-state index in [0.717, 1.165) is 19.3 Å². The zero-order valence-corrected chi connectivity index (χ0v) is 7.60. The van der Waals surface area contributed by atoms with Crippen molar-refractivity contribution in [2.24, 2.45) is 0 Å². The van der Waals surface area contributed by atoms with Crippen LogP contribution in [0.1, 0.15) is 46.0 Å². The second kappa shape index (κ2) is 7.52. The number of unbranched alkanes of at least 4 members (excludes halogenated alkanes) is 3. The molecule has 0 aromatic heterocycles. The maximum atomic E-state index is 10.5. The summed E-state index contributed by atoms with van der Waals surface area (Å²) in [6.45, 7) is 3.70. The molecule has 0 rings (SSSR count). The van der Waals surface area contributed by atoms with Crippen LogP contribution in [0.2, 0.25) is 0 Å². The van der Waals surface area contributed by atoms with Crippen LogP contribution in [0.5, 0.6) is 0 Å². The molecule has 0 aliphatic rings. The van der Waals surface area contributed by atoms with Gasteiger partial charge in [-0.3, -0.25) is 0 Å². The summed E-state index contributed by atoms with van der Waals surface area (Å²) in [5, 5.41) is 0. The molecule has 0 saturated carbocycles. The van der Waals surface area contributed by atoms with E-state index < -0.39 is 0 Å². The largest absolute Gasteiger partial charge is 0.300 e. The Morgan fingerprint density at radius 2 is 2.00 bits per heavy atom. The minimum atomic E-state index is 0.316. The van der Waals surface area contributed by atoms with Gasteiger partial charge in [-0.1, -0.05) is 18.6 Å². The van der Waals surface area contributed by atoms with E-state index in [0.29, 0.717) is 5.78 Å². The molecule has 0 fully saturated rings.